The van der Waals surface area contributed by atoms with Gasteiger partial charge in [-0.05, 0) is 18.8 Å². The van der Waals surface area contributed by atoms with Gasteiger partial charge in [-0.25, -0.2) is 4.98 Å². The zero-order valence-corrected chi connectivity index (χ0v) is 12.8. The van der Waals surface area contributed by atoms with Crippen LogP contribution in [0.4, 0.5) is 0 Å². The molecule has 1 atom stereocenters. The van der Waals surface area contributed by atoms with Crippen LogP contribution in [0.1, 0.15) is 44.8 Å². The van der Waals surface area contributed by atoms with Crippen molar-refractivity contribution in [1.82, 2.24) is 20.2 Å². The van der Waals surface area contributed by atoms with Crippen molar-refractivity contribution in [3.05, 3.63) is 27.9 Å². The second-order valence-corrected chi connectivity index (χ2v) is 5.93. The Bertz CT molecular complexity index is 477. The van der Waals surface area contributed by atoms with E-state index >= 15 is 0 Å². The van der Waals surface area contributed by atoms with E-state index in [1.165, 1.54) is 0 Å². The molecule has 5 heteroatoms. The molecule has 1 fully saturated rings. The maximum Gasteiger partial charge on any atom is 0.251 e. The summed E-state index contributed by atoms with van der Waals surface area (Å²) in [5.41, 5.74) is 0.881. The number of H-pyrrole nitrogens is 1. The number of nitrogens with zero attached hydrogens (tertiary/aromatic N) is 2. The normalized spacial score (nSPS) is 18.4. The molecular formula is C15H26N4O. The quantitative estimate of drug-likeness (QED) is 0.853. The van der Waals surface area contributed by atoms with Gasteiger partial charge >= 0.3 is 0 Å². The lowest BCUT2D eigenvalue weighted by molar-refractivity contribution is 0.162. The monoisotopic (exact) mass is 278 g/mol. The fourth-order valence-electron chi connectivity index (χ4n) is 2.83. The van der Waals surface area contributed by atoms with Crippen LogP contribution in [0, 0.1) is 5.92 Å². The fourth-order valence-corrected chi connectivity index (χ4v) is 2.83. The lowest BCUT2D eigenvalue weighted by atomic mass is 10.1. The highest BCUT2D eigenvalue weighted by Crippen LogP contribution is 2.21. The van der Waals surface area contributed by atoms with Crippen molar-refractivity contribution in [2.45, 2.75) is 39.7 Å². The second kappa shape index (κ2) is 6.99. The first kappa shape index (κ1) is 15.2. The van der Waals surface area contributed by atoms with Crippen molar-refractivity contribution in [3.63, 3.8) is 0 Å². The van der Waals surface area contributed by atoms with Gasteiger partial charge in [0.15, 0.2) is 0 Å². The smallest absolute Gasteiger partial charge is 0.251 e. The zero-order valence-electron chi connectivity index (χ0n) is 12.8. The Hall–Kier alpha value is -1.20. The van der Waals surface area contributed by atoms with Crippen LogP contribution in [0.3, 0.4) is 0 Å². The van der Waals surface area contributed by atoms with E-state index < -0.39 is 0 Å². The summed E-state index contributed by atoms with van der Waals surface area (Å²) in [6.45, 7) is 10.5. The first-order chi connectivity index (χ1) is 9.60. The Morgan fingerprint density at radius 3 is 2.65 bits per heavy atom. The Balaban J connectivity index is 2.24. The van der Waals surface area contributed by atoms with Crippen molar-refractivity contribution < 1.29 is 0 Å². The third-order valence-electron chi connectivity index (χ3n) is 3.73. The van der Waals surface area contributed by atoms with Crippen LogP contribution in [-0.4, -0.2) is 41.0 Å². The zero-order chi connectivity index (χ0) is 14.5. The minimum absolute atomic E-state index is 0.0285. The highest BCUT2D eigenvalue weighted by Gasteiger charge is 2.22. The largest absolute Gasteiger partial charge is 0.314 e. The SMILES string of the molecule is CCC(c1nc(CC(C)C)cc(=O)[nH]1)N1CCNCC1. The van der Waals surface area contributed by atoms with Gasteiger partial charge in [0.05, 0.1) is 6.04 Å². The van der Waals surface area contributed by atoms with Crippen molar-refractivity contribution in [2.24, 2.45) is 5.92 Å². The predicted octanol–water partition coefficient (Wildman–Crippen LogP) is 1.32. The molecule has 1 saturated heterocycles. The lowest BCUT2D eigenvalue weighted by Crippen LogP contribution is -2.45. The van der Waals surface area contributed by atoms with Crippen LogP contribution in [0.25, 0.3) is 0 Å². The van der Waals surface area contributed by atoms with Gasteiger partial charge in [0.25, 0.3) is 5.56 Å². The molecule has 2 N–H and O–H groups in total. The number of aromatic nitrogens is 2. The summed E-state index contributed by atoms with van der Waals surface area (Å²) in [4.78, 5) is 21.9. The van der Waals surface area contributed by atoms with E-state index in [4.69, 9.17) is 4.98 Å². The van der Waals surface area contributed by atoms with E-state index in [0.717, 1.165) is 50.5 Å². The number of rotatable bonds is 5. The third-order valence-corrected chi connectivity index (χ3v) is 3.73. The van der Waals surface area contributed by atoms with Crippen LogP contribution < -0.4 is 10.9 Å². The molecule has 1 aromatic heterocycles. The molecule has 20 heavy (non-hydrogen) atoms. The lowest BCUT2D eigenvalue weighted by Gasteiger charge is -2.33. The van der Waals surface area contributed by atoms with Gasteiger partial charge in [-0.3, -0.25) is 9.69 Å². The molecule has 0 spiro atoms. The number of hydrogen-bond donors (Lipinski definition) is 2. The molecule has 0 radical (unpaired) electrons. The summed E-state index contributed by atoms with van der Waals surface area (Å²) in [5.74, 6) is 1.34. The molecule has 1 aromatic rings. The van der Waals surface area contributed by atoms with Gasteiger partial charge < -0.3 is 10.3 Å². The minimum Gasteiger partial charge on any atom is -0.314 e. The molecule has 5 nitrogen and oxygen atoms in total. The van der Waals surface area contributed by atoms with E-state index in [2.05, 4.69) is 36.0 Å². The summed E-state index contributed by atoms with van der Waals surface area (Å²) < 4.78 is 0. The third kappa shape index (κ3) is 3.90. The average Bonchev–Trinajstić information content (AvgIpc) is 2.39. The molecule has 0 bridgehead atoms. The van der Waals surface area contributed by atoms with Crippen LogP contribution >= 0.6 is 0 Å². The van der Waals surface area contributed by atoms with E-state index in [9.17, 15) is 4.79 Å². The maximum atomic E-state index is 11.9. The highest BCUT2D eigenvalue weighted by atomic mass is 16.1. The van der Waals surface area contributed by atoms with Crippen LogP contribution in [0.2, 0.25) is 0 Å². The van der Waals surface area contributed by atoms with Gasteiger partial charge in [0.1, 0.15) is 5.82 Å². The van der Waals surface area contributed by atoms with Crippen molar-refractivity contribution >= 4 is 0 Å². The van der Waals surface area contributed by atoms with Crippen molar-refractivity contribution in [1.29, 1.82) is 0 Å². The Morgan fingerprint density at radius 1 is 1.35 bits per heavy atom. The Kier molecular flexibility index (Phi) is 5.31. The standard InChI is InChI=1S/C15H26N4O/c1-4-13(19-7-5-16-6-8-19)15-17-12(9-11(2)3)10-14(20)18-15/h10-11,13,16H,4-9H2,1-3H3,(H,17,18,20). The van der Waals surface area contributed by atoms with E-state index in [1.807, 2.05) is 0 Å². The molecule has 2 rings (SSSR count). The Morgan fingerprint density at radius 2 is 2.05 bits per heavy atom. The van der Waals surface area contributed by atoms with Gasteiger partial charge in [-0.15, -0.1) is 0 Å². The Labute approximate surface area is 120 Å². The molecule has 1 aliphatic heterocycles. The maximum absolute atomic E-state index is 11.9. The average molecular weight is 278 g/mol. The molecule has 0 amide bonds. The molecule has 2 heterocycles. The van der Waals surface area contributed by atoms with Gasteiger partial charge in [0, 0.05) is 37.9 Å². The minimum atomic E-state index is -0.0285. The first-order valence-corrected chi connectivity index (χ1v) is 7.65. The van der Waals surface area contributed by atoms with E-state index in [0.29, 0.717) is 5.92 Å². The molecule has 1 unspecified atom stereocenters. The summed E-state index contributed by atoms with van der Waals surface area (Å²) in [6, 6.07) is 1.85. The van der Waals surface area contributed by atoms with E-state index in [1.54, 1.807) is 6.07 Å². The molecule has 1 aliphatic rings. The highest BCUT2D eigenvalue weighted by molar-refractivity contribution is 5.07. The second-order valence-electron chi connectivity index (χ2n) is 5.93. The van der Waals surface area contributed by atoms with Crippen molar-refractivity contribution in [3.8, 4) is 0 Å². The summed E-state index contributed by atoms with van der Waals surface area (Å²) in [7, 11) is 0. The summed E-state index contributed by atoms with van der Waals surface area (Å²) in [5, 5.41) is 3.36. The number of aromatic amines is 1. The van der Waals surface area contributed by atoms with Gasteiger partial charge in [-0.1, -0.05) is 20.8 Å². The van der Waals surface area contributed by atoms with Crippen LogP contribution in [0.5, 0.6) is 0 Å². The van der Waals surface area contributed by atoms with Crippen LogP contribution in [0.15, 0.2) is 10.9 Å². The van der Waals surface area contributed by atoms with Crippen LogP contribution in [-0.2, 0) is 6.42 Å². The number of nitrogens with one attached hydrogen (secondary N) is 2. The summed E-state index contributed by atoms with van der Waals surface area (Å²) >= 11 is 0. The topological polar surface area (TPSA) is 61.0 Å². The summed E-state index contributed by atoms with van der Waals surface area (Å²) in [6.07, 6.45) is 1.82. The van der Waals surface area contributed by atoms with Gasteiger partial charge in [0.2, 0.25) is 0 Å². The van der Waals surface area contributed by atoms with E-state index in [-0.39, 0.29) is 11.6 Å². The van der Waals surface area contributed by atoms with Crippen molar-refractivity contribution in [2.75, 3.05) is 26.2 Å². The number of hydrogen-bond acceptors (Lipinski definition) is 4. The number of piperazine rings is 1. The first-order valence-electron chi connectivity index (χ1n) is 7.65. The fraction of sp³-hybridized carbons (Fsp3) is 0.733. The molecule has 112 valence electrons. The molecule has 0 aliphatic carbocycles. The van der Waals surface area contributed by atoms with Gasteiger partial charge in [-0.2, -0.15) is 0 Å². The molecule has 0 saturated carbocycles. The predicted molar refractivity (Wildman–Crippen MR) is 80.9 cm³/mol. The molecule has 0 aromatic carbocycles. The molecular weight excluding hydrogens is 252 g/mol.